The Kier molecular flexibility index (Phi) is 5.32. The minimum absolute atomic E-state index is 0.0179. The zero-order valence-corrected chi connectivity index (χ0v) is 14.6. The average Bonchev–Trinajstić information content (AvgIpc) is 3.13. The second-order valence-electron chi connectivity index (χ2n) is 5.42. The molecule has 1 aromatic carbocycles. The first-order valence-electron chi connectivity index (χ1n) is 7.70. The van der Waals surface area contributed by atoms with Gasteiger partial charge in [0.05, 0.1) is 17.4 Å². The van der Waals surface area contributed by atoms with Crippen molar-refractivity contribution in [1.82, 2.24) is 25.6 Å². The number of hydrogen-bond acceptors (Lipinski definition) is 4. The van der Waals surface area contributed by atoms with E-state index in [9.17, 15) is 22.8 Å². The predicted octanol–water partition coefficient (Wildman–Crippen LogP) is 3.01. The summed E-state index contributed by atoms with van der Waals surface area (Å²) in [5, 5.41) is 3.99. The summed E-state index contributed by atoms with van der Waals surface area (Å²) >= 11 is 5.74. The number of nitrogens with zero attached hydrogens (tertiary/aromatic N) is 3. The lowest BCUT2D eigenvalue weighted by Gasteiger charge is -2.13. The molecule has 2 N–H and O–H groups in total. The summed E-state index contributed by atoms with van der Waals surface area (Å²) in [5.41, 5.74) is 1.93. The molecule has 0 atom stereocenters. The number of carbonyl (C=O) groups excluding carboxylic acids is 2. The van der Waals surface area contributed by atoms with Crippen molar-refractivity contribution in [3.05, 3.63) is 76.8 Å². The second-order valence-corrected chi connectivity index (χ2v) is 5.85. The third kappa shape index (κ3) is 4.12. The van der Waals surface area contributed by atoms with Gasteiger partial charge in [0, 0.05) is 11.2 Å². The van der Waals surface area contributed by atoms with Gasteiger partial charge < -0.3 is 0 Å². The van der Waals surface area contributed by atoms with Crippen LogP contribution in [-0.2, 0) is 6.18 Å². The van der Waals surface area contributed by atoms with Crippen molar-refractivity contribution < 1.29 is 22.8 Å². The Morgan fingerprint density at radius 3 is 2.29 bits per heavy atom. The van der Waals surface area contributed by atoms with Gasteiger partial charge in [-0.2, -0.15) is 18.3 Å². The summed E-state index contributed by atoms with van der Waals surface area (Å²) in [5.74, 6) is -1.97. The van der Waals surface area contributed by atoms with Gasteiger partial charge in [0.15, 0.2) is 5.69 Å². The maximum Gasteiger partial charge on any atom is 0.434 e. The quantitative estimate of drug-likeness (QED) is 0.651. The SMILES string of the molecule is O=C(NNC(=O)c1cnn(-c2ccc(Cl)cc2)c1C(F)(F)F)c1ccccn1. The number of pyridine rings is 1. The molecule has 0 aliphatic carbocycles. The maximum absolute atomic E-state index is 13.6. The number of halogens is 4. The molecule has 0 spiro atoms. The van der Waals surface area contributed by atoms with Crippen LogP contribution in [0, 0.1) is 0 Å². The molecule has 2 aromatic heterocycles. The van der Waals surface area contributed by atoms with Gasteiger partial charge >= 0.3 is 6.18 Å². The molecule has 0 aliphatic rings. The molecule has 0 fully saturated rings. The largest absolute Gasteiger partial charge is 0.434 e. The number of carbonyl (C=O) groups is 2. The van der Waals surface area contributed by atoms with Crippen molar-refractivity contribution in [3.63, 3.8) is 0 Å². The molecule has 3 rings (SSSR count). The van der Waals surface area contributed by atoms with Gasteiger partial charge in [-0.05, 0) is 36.4 Å². The first kappa shape index (κ1) is 19.4. The van der Waals surface area contributed by atoms with E-state index in [-0.39, 0.29) is 11.4 Å². The van der Waals surface area contributed by atoms with Crippen LogP contribution in [0.4, 0.5) is 13.2 Å². The summed E-state index contributed by atoms with van der Waals surface area (Å²) in [6, 6.07) is 9.94. The number of benzene rings is 1. The van der Waals surface area contributed by atoms with Gasteiger partial charge in [0.1, 0.15) is 5.69 Å². The number of aromatic nitrogens is 3. The number of amides is 2. The monoisotopic (exact) mass is 409 g/mol. The lowest BCUT2D eigenvalue weighted by molar-refractivity contribution is -0.143. The van der Waals surface area contributed by atoms with Crippen molar-refractivity contribution in [1.29, 1.82) is 0 Å². The predicted molar refractivity (Wildman–Crippen MR) is 92.7 cm³/mol. The van der Waals surface area contributed by atoms with E-state index in [0.29, 0.717) is 9.70 Å². The Labute approximate surface area is 161 Å². The maximum atomic E-state index is 13.6. The minimum atomic E-state index is -4.88. The van der Waals surface area contributed by atoms with E-state index in [1.54, 1.807) is 12.1 Å². The molecule has 11 heteroatoms. The Morgan fingerprint density at radius 1 is 1.00 bits per heavy atom. The highest BCUT2D eigenvalue weighted by Crippen LogP contribution is 2.33. The number of hydrazine groups is 1. The molecule has 0 saturated heterocycles. The van der Waals surface area contributed by atoms with Crippen LogP contribution in [0.25, 0.3) is 5.69 Å². The molecule has 144 valence electrons. The molecule has 0 radical (unpaired) electrons. The molecule has 3 aromatic rings. The number of nitrogens with one attached hydrogen (secondary N) is 2. The third-order valence-electron chi connectivity index (χ3n) is 3.54. The Morgan fingerprint density at radius 2 is 1.68 bits per heavy atom. The second kappa shape index (κ2) is 7.69. The van der Waals surface area contributed by atoms with E-state index < -0.39 is 29.2 Å². The van der Waals surface area contributed by atoms with E-state index in [4.69, 9.17) is 11.6 Å². The van der Waals surface area contributed by atoms with Crippen LogP contribution in [0.15, 0.2) is 54.9 Å². The van der Waals surface area contributed by atoms with Gasteiger partial charge in [-0.1, -0.05) is 17.7 Å². The average molecular weight is 410 g/mol. The summed E-state index contributed by atoms with van der Waals surface area (Å²) in [4.78, 5) is 27.9. The Balaban J connectivity index is 1.86. The third-order valence-corrected chi connectivity index (χ3v) is 3.79. The van der Waals surface area contributed by atoms with Gasteiger partial charge in [0.2, 0.25) is 0 Å². The zero-order chi connectivity index (χ0) is 20.3. The van der Waals surface area contributed by atoms with Crippen LogP contribution in [-0.4, -0.2) is 26.6 Å². The highest BCUT2D eigenvalue weighted by molar-refractivity contribution is 6.30. The van der Waals surface area contributed by atoms with Crippen LogP contribution >= 0.6 is 11.6 Å². The van der Waals surface area contributed by atoms with Crippen molar-refractivity contribution in [2.24, 2.45) is 0 Å². The van der Waals surface area contributed by atoms with Crippen LogP contribution in [0.1, 0.15) is 26.5 Å². The van der Waals surface area contributed by atoms with Crippen LogP contribution < -0.4 is 10.9 Å². The lowest BCUT2D eigenvalue weighted by Crippen LogP contribution is -2.42. The van der Waals surface area contributed by atoms with Gasteiger partial charge in [-0.25, -0.2) is 4.68 Å². The van der Waals surface area contributed by atoms with E-state index in [2.05, 4.69) is 10.1 Å². The summed E-state index contributed by atoms with van der Waals surface area (Å²) in [6.07, 6.45) is -2.76. The summed E-state index contributed by atoms with van der Waals surface area (Å²) < 4.78 is 41.3. The van der Waals surface area contributed by atoms with Gasteiger partial charge in [-0.3, -0.25) is 25.4 Å². The fraction of sp³-hybridized carbons (Fsp3) is 0.0588. The van der Waals surface area contributed by atoms with Crippen LogP contribution in [0.3, 0.4) is 0 Å². The molecule has 2 amide bonds. The molecule has 0 unspecified atom stereocenters. The molecule has 7 nitrogen and oxygen atoms in total. The molecule has 2 heterocycles. The Hall–Kier alpha value is -3.40. The number of hydrogen-bond donors (Lipinski definition) is 2. The van der Waals surface area contributed by atoms with Crippen LogP contribution in [0.5, 0.6) is 0 Å². The van der Waals surface area contributed by atoms with Crippen molar-refractivity contribution in [3.8, 4) is 5.69 Å². The highest BCUT2D eigenvalue weighted by Gasteiger charge is 2.40. The topological polar surface area (TPSA) is 88.9 Å². The zero-order valence-electron chi connectivity index (χ0n) is 13.9. The summed E-state index contributed by atoms with van der Waals surface area (Å²) in [7, 11) is 0. The molecule has 28 heavy (non-hydrogen) atoms. The normalized spacial score (nSPS) is 11.1. The van der Waals surface area contributed by atoms with E-state index in [0.717, 1.165) is 6.20 Å². The smallest absolute Gasteiger partial charge is 0.267 e. The van der Waals surface area contributed by atoms with Crippen LogP contribution in [0.2, 0.25) is 5.02 Å². The van der Waals surface area contributed by atoms with Crippen molar-refractivity contribution in [2.45, 2.75) is 6.18 Å². The fourth-order valence-corrected chi connectivity index (χ4v) is 2.43. The van der Waals surface area contributed by atoms with Crippen molar-refractivity contribution in [2.75, 3.05) is 0 Å². The number of alkyl halides is 3. The lowest BCUT2D eigenvalue weighted by atomic mass is 10.2. The molecule has 0 bridgehead atoms. The molecule has 0 saturated carbocycles. The van der Waals surface area contributed by atoms with Gasteiger partial charge in [-0.15, -0.1) is 0 Å². The molecule has 0 aliphatic heterocycles. The number of rotatable bonds is 3. The first-order chi connectivity index (χ1) is 13.3. The fourth-order valence-electron chi connectivity index (χ4n) is 2.31. The highest BCUT2D eigenvalue weighted by atomic mass is 35.5. The summed E-state index contributed by atoms with van der Waals surface area (Å²) in [6.45, 7) is 0. The molecular weight excluding hydrogens is 399 g/mol. The Bertz CT molecular complexity index is 1000. The standard InChI is InChI=1S/C17H11ClF3N5O2/c18-10-4-6-11(7-5-10)26-14(17(19,20)21)12(9-23-26)15(27)24-25-16(28)13-3-1-2-8-22-13/h1-9H,(H,24,27)(H,25,28). The van der Waals surface area contributed by atoms with Crippen molar-refractivity contribution >= 4 is 23.4 Å². The van der Waals surface area contributed by atoms with E-state index in [1.165, 1.54) is 36.5 Å². The molecular formula is C17H11ClF3N5O2. The minimum Gasteiger partial charge on any atom is -0.267 e. The van der Waals surface area contributed by atoms with E-state index in [1.807, 2.05) is 10.9 Å². The van der Waals surface area contributed by atoms with E-state index >= 15 is 0 Å². The first-order valence-corrected chi connectivity index (χ1v) is 8.08. The van der Waals surface area contributed by atoms with Gasteiger partial charge in [0.25, 0.3) is 11.8 Å².